The van der Waals surface area contributed by atoms with Gasteiger partial charge in [0.25, 0.3) is 0 Å². The van der Waals surface area contributed by atoms with E-state index in [9.17, 15) is 9.59 Å². The Labute approximate surface area is 131 Å². The summed E-state index contributed by atoms with van der Waals surface area (Å²) < 4.78 is 0.709. The number of aromatic carboxylic acids is 1. The summed E-state index contributed by atoms with van der Waals surface area (Å²) in [6.45, 7) is 2.60. The molecule has 2 rings (SSSR count). The van der Waals surface area contributed by atoms with E-state index in [0.29, 0.717) is 16.9 Å². The highest BCUT2D eigenvalue weighted by Crippen LogP contribution is 2.21. The largest absolute Gasteiger partial charge is 0.478 e. The molecule has 1 atom stereocenters. The molecule has 2 amide bonds. The van der Waals surface area contributed by atoms with Crippen LogP contribution in [0.25, 0.3) is 0 Å². The molecule has 21 heavy (non-hydrogen) atoms. The van der Waals surface area contributed by atoms with Crippen LogP contribution in [0.3, 0.4) is 0 Å². The van der Waals surface area contributed by atoms with Crippen molar-refractivity contribution in [3.8, 4) is 0 Å². The first-order valence-electron chi connectivity index (χ1n) is 6.72. The van der Waals surface area contributed by atoms with Crippen LogP contribution in [0.15, 0.2) is 22.7 Å². The fraction of sp³-hybridized carbons (Fsp3) is 0.429. The predicted molar refractivity (Wildman–Crippen MR) is 83.7 cm³/mol. The number of amides is 2. The van der Waals surface area contributed by atoms with Crippen molar-refractivity contribution < 1.29 is 14.7 Å². The van der Waals surface area contributed by atoms with E-state index in [4.69, 9.17) is 5.11 Å². The second kappa shape index (κ2) is 6.91. The second-order valence-corrected chi connectivity index (χ2v) is 6.16. The monoisotopic (exact) mass is 355 g/mol. The Morgan fingerprint density at radius 1 is 1.48 bits per heavy atom. The van der Waals surface area contributed by atoms with Crippen LogP contribution in [-0.2, 0) is 0 Å². The van der Waals surface area contributed by atoms with Crippen LogP contribution in [0.2, 0.25) is 0 Å². The Morgan fingerprint density at radius 3 is 2.86 bits per heavy atom. The van der Waals surface area contributed by atoms with Gasteiger partial charge in [-0.3, -0.25) is 0 Å². The Bertz CT molecular complexity index is 550. The molecule has 1 heterocycles. The molecular formula is C14H18BrN3O3. The SMILES string of the molecule is CN1CCC(CNC(=O)Nc2cc(Br)ccc2C(=O)O)C1. The highest BCUT2D eigenvalue weighted by Gasteiger charge is 2.20. The standard InChI is InChI=1S/C14H18BrN3O3/c1-18-5-4-9(8-18)7-16-14(21)17-12-6-10(15)2-3-11(12)13(19)20/h2-3,6,9H,4-5,7-8H2,1H3,(H,19,20)(H2,16,17,21). The number of carboxylic acid groups (broad SMARTS) is 1. The minimum Gasteiger partial charge on any atom is -0.478 e. The first kappa shape index (κ1) is 15.8. The fourth-order valence-corrected chi connectivity index (χ4v) is 2.76. The molecule has 1 aliphatic heterocycles. The zero-order valence-corrected chi connectivity index (χ0v) is 13.3. The van der Waals surface area contributed by atoms with E-state index in [0.717, 1.165) is 19.5 Å². The molecule has 1 aromatic rings. The van der Waals surface area contributed by atoms with Gasteiger partial charge >= 0.3 is 12.0 Å². The van der Waals surface area contributed by atoms with Crippen molar-refractivity contribution in [2.45, 2.75) is 6.42 Å². The number of nitrogens with one attached hydrogen (secondary N) is 2. The zero-order valence-electron chi connectivity index (χ0n) is 11.7. The lowest BCUT2D eigenvalue weighted by Gasteiger charge is -2.13. The van der Waals surface area contributed by atoms with E-state index in [1.54, 1.807) is 12.1 Å². The third-order valence-corrected chi connectivity index (χ3v) is 3.99. The number of carbonyl (C=O) groups excluding carboxylic acids is 1. The van der Waals surface area contributed by atoms with Crippen molar-refractivity contribution in [1.29, 1.82) is 0 Å². The molecule has 1 fully saturated rings. The van der Waals surface area contributed by atoms with E-state index in [1.165, 1.54) is 6.07 Å². The van der Waals surface area contributed by atoms with Crippen LogP contribution in [0.5, 0.6) is 0 Å². The highest BCUT2D eigenvalue weighted by molar-refractivity contribution is 9.10. The molecule has 114 valence electrons. The van der Waals surface area contributed by atoms with Gasteiger partial charge in [-0.25, -0.2) is 9.59 Å². The Hall–Kier alpha value is -1.60. The van der Waals surface area contributed by atoms with E-state index >= 15 is 0 Å². The van der Waals surface area contributed by atoms with Gasteiger partial charge in [0.1, 0.15) is 0 Å². The van der Waals surface area contributed by atoms with Crippen LogP contribution in [0.1, 0.15) is 16.8 Å². The lowest BCUT2D eigenvalue weighted by molar-refractivity contribution is 0.0698. The molecule has 0 spiro atoms. The van der Waals surface area contributed by atoms with E-state index < -0.39 is 5.97 Å². The molecular weight excluding hydrogens is 338 g/mol. The van der Waals surface area contributed by atoms with Crippen LogP contribution in [0.4, 0.5) is 10.5 Å². The maximum atomic E-state index is 11.9. The van der Waals surface area contributed by atoms with Gasteiger partial charge in [-0.1, -0.05) is 15.9 Å². The number of urea groups is 1. The Morgan fingerprint density at radius 2 is 2.24 bits per heavy atom. The first-order chi connectivity index (χ1) is 9.95. The van der Waals surface area contributed by atoms with Gasteiger partial charge in [-0.15, -0.1) is 0 Å². The Balaban J connectivity index is 1.93. The third kappa shape index (κ3) is 4.44. The maximum absolute atomic E-state index is 11.9. The van der Waals surface area contributed by atoms with Crippen LogP contribution in [0, 0.1) is 5.92 Å². The average Bonchev–Trinajstić information content (AvgIpc) is 2.82. The van der Waals surface area contributed by atoms with E-state index in [1.807, 2.05) is 0 Å². The predicted octanol–water partition coefficient (Wildman–Crippen LogP) is 2.22. The van der Waals surface area contributed by atoms with Crippen molar-refractivity contribution >= 4 is 33.6 Å². The number of carboxylic acids is 1. The molecule has 1 unspecified atom stereocenters. The summed E-state index contributed by atoms with van der Waals surface area (Å²) >= 11 is 3.26. The number of anilines is 1. The minimum absolute atomic E-state index is 0.0638. The van der Waals surface area contributed by atoms with Crippen LogP contribution in [-0.4, -0.2) is 48.7 Å². The topological polar surface area (TPSA) is 81.7 Å². The molecule has 3 N–H and O–H groups in total. The molecule has 0 radical (unpaired) electrons. The zero-order chi connectivity index (χ0) is 15.4. The van der Waals surface area contributed by atoms with Crippen LogP contribution >= 0.6 is 15.9 Å². The van der Waals surface area contributed by atoms with Crippen molar-refractivity contribution in [1.82, 2.24) is 10.2 Å². The van der Waals surface area contributed by atoms with E-state index in [-0.39, 0.29) is 17.3 Å². The van der Waals surface area contributed by atoms with Crippen LogP contribution < -0.4 is 10.6 Å². The maximum Gasteiger partial charge on any atom is 0.337 e. The lowest BCUT2D eigenvalue weighted by atomic mass is 10.1. The van der Waals surface area contributed by atoms with Gasteiger partial charge in [0, 0.05) is 17.6 Å². The number of carbonyl (C=O) groups is 2. The molecule has 1 aliphatic rings. The highest BCUT2D eigenvalue weighted by atomic mass is 79.9. The summed E-state index contributed by atoms with van der Waals surface area (Å²) in [5.74, 6) is -0.627. The summed E-state index contributed by atoms with van der Waals surface area (Å²) in [5, 5.41) is 14.5. The number of rotatable bonds is 4. The lowest BCUT2D eigenvalue weighted by Crippen LogP contribution is -2.34. The second-order valence-electron chi connectivity index (χ2n) is 5.25. The average molecular weight is 356 g/mol. The summed E-state index contributed by atoms with van der Waals surface area (Å²) in [7, 11) is 2.06. The van der Waals surface area contributed by atoms with Gasteiger partial charge in [-0.2, -0.15) is 0 Å². The third-order valence-electron chi connectivity index (χ3n) is 3.50. The summed E-state index contributed by atoms with van der Waals surface area (Å²) in [5.41, 5.74) is 0.340. The molecule has 1 saturated heterocycles. The quantitative estimate of drug-likeness (QED) is 0.773. The smallest absolute Gasteiger partial charge is 0.337 e. The van der Waals surface area contributed by atoms with Crippen molar-refractivity contribution in [2.24, 2.45) is 5.92 Å². The molecule has 0 aliphatic carbocycles. The number of likely N-dealkylation sites (tertiary alicyclic amines) is 1. The number of hydrogen-bond donors (Lipinski definition) is 3. The van der Waals surface area contributed by atoms with Crippen molar-refractivity contribution in [3.63, 3.8) is 0 Å². The fourth-order valence-electron chi connectivity index (χ4n) is 2.40. The molecule has 0 saturated carbocycles. The van der Waals surface area contributed by atoms with Crippen molar-refractivity contribution in [2.75, 3.05) is 32.0 Å². The molecule has 6 nitrogen and oxygen atoms in total. The van der Waals surface area contributed by atoms with Crippen molar-refractivity contribution in [3.05, 3.63) is 28.2 Å². The summed E-state index contributed by atoms with van der Waals surface area (Å²) in [6.07, 6.45) is 1.06. The normalized spacial score (nSPS) is 18.5. The first-order valence-corrected chi connectivity index (χ1v) is 7.51. The number of nitrogens with zero attached hydrogens (tertiary/aromatic N) is 1. The van der Waals surface area contributed by atoms with Gasteiger partial charge in [0.2, 0.25) is 0 Å². The summed E-state index contributed by atoms with van der Waals surface area (Å²) in [6, 6.07) is 4.27. The molecule has 0 aromatic heterocycles. The molecule has 1 aromatic carbocycles. The number of hydrogen-bond acceptors (Lipinski definition) is 3. The number of benzene rings is 1. The van der Waals surface area contributed by atoms with E-state index in [2.05, 4.69) is 38.5 Å². The Kier molecular flexibility index (Phi) is 5.19. The van der Waals surface area contributed by atoms with Gasteiger partial charge < -0.3 is 20.6 Å². The van der Waals surface area contributed by atoms with Gasteiger partial charge in [-0.05, 0) is 44.1 Å². The molecule has 7 heteroatoms. The minimum atomic E-state index is -1.07. The molecule has 0 bridgehead atoms. The van der Waals surface area contributed by atoms with Gasteiger partial charge in [0.05, 0.1) is 11.3 Å². The number of halogens is 1. The summed E-state index contributed by atoms with van der Waals surface area (Å²) in [4.78, 5) is 25.2. The van der Waals surface area contributed by atoms with Gasteiger partial charge in [0.15, 0.2) is 0 Å².